The first-order valence-electron chi connectivity index (χ1n) is 4.47. The first kappa shape index (κ1) is 11.0. The second-order valence-corrected chi connectivity index (χ2v) is 4.23. The molecule has 0 saturated carbocycles. The lowest BCUT2D eigenvalue weighted by Gasteiger charge is -2.18. The van der Waals surface area contributed by atoms with Crippen LogP contribution in [0.1, 0.15) is 33.6 Å². The van der Waals surface area contributed by atoms with Crippen LogP contribution >= 0.6 is 0 Å². The first-order chi connectivity index (χ1) is 5.06. The van der Waals surface area contributed by atoms with E-state index >= 15 is 0 Å². The fourth-order valence-electron chi connectivity index (χ4n) is 0.858. The summed E-state index contributed by atoms with van der Waals surface area (Å²) in [5.74, 6) is 0. The average molecular weight is 153 g/mol. The molecule has 2 heteroatoms. The largest absolute Gasteiger partial charge is 0.316 e. The molecule has 0 spiro atoms. The van der Waals surface area contributed by atoms with Gasteiger partial charge in [-0.1, -0.05) is 33.5 Å². The lowest BCUT2D eigenvalue weighted by atomic mass is 9.96. The highest BCUT2D eigenvalue weighted by atomic mass is 14.9. The lowest BCUT2D eigenvalue weighted by molar-refractivity contribution is 0.379. The Morgan fingerprint density at radius 1 is 1.18 bits per heavy atom. The molecule has 2 radical (unpaired) electrons. The summed E-state index contributed by atoms with van der Waals surface area (Å²) in [5.41, 5.74) is 0.405. The fourth-order valence-corrected chi connectivity index (χ4v) is 0.858. The quantitative estimate of drug-likeness (QED) is 0.470. The van der Waals surface area contributed by atoms with Crippen LogP contribution in [-0.4, -0.2) is 20.9 Å². The molecule has 0 rings (SSSR count). The molecule has 0 fully saturated rings. The molecule has 0 saturated heterocycles. The van der Waals surface area contributed by atoms with Gasteiger partial charge in [0.25, 0.3) is 0 Å². The van der Waals surface area contributed by atoms with Gasteiger partial charge in [-0.3, -0.25) is 0 Å². The summed E-state index contributed by atoms with van der Waals surface area (Å²) in [7, 11) is 5.37. The maximum atomic E-state index is 5.37. The van der Waals surface area contributed by atoms with E-state index < -0.39 is 0 Å². The van der Waals surface area contributed by atoms with Crippen molar-refractivity contribution in [1.29, 1.82) is 0 Å². The Morgan fingerprint density at radius 3 is 2.27 bits per heavy atom. The number of hydrogen-bond acceptors (Lipinski definition) is 1. The monoisotopic (exact) mass is 153 g/mol. The highest BCUT2D eigenvalue weighted by molar-refractivity contribution is 6.08. The molecule has 1 N–H and O–H groups in total. The molecule has 0 atom stereocenters. The Balaban J connectivity index is 3.02. The van der Waals surface area contributed by atoms with E-state index in [2.05, 4.69) is 26.1 Å². The topological polar surface area (TPSA) is 12.0 Å². The van der Waals surface area contributed by atoms with Crippen molar-refractivity contribution in [2.45, 2.75) is 39.9 Å². The van der Waals surface area contributed by atoms with E-state index in [1.165, 1.54) is 6.42 Å². The summed E-state index contributed by atoms with van der Waals surface area (Å²) in [4.78, 5) is 0. The van der Waals surface area contributed by atoms with Gasteiger partial charge in [0.15, 0.2) is 0 Å². The van der Waals surface area contributed by atoms with Gasteiger partial charge in [-0.15, -0.1) is 0 Å². The predicted molar refractivity (Wildman–Crippen MR) is 52.1 cm³/mol. The molecular formula is C9H20BN. The standard InChI is InChI=1S/C9H20BN/c1-9(2,3)8-11-7-5-4-6-10/h11H,4-8H2,1-3H3. The zero-order chi connectivity index (χ0) is 8.74. The fraction of sp³-hybridized carbons (Fsp3) is 1.00. The third-order valence-corrected chi connectivity index (χ3v) is 1.46. The Hall–Kier alpha value is 0.0249. The molecule has 0 aliphatic rings. The van der Waals surface area contributed by atoms with Crippen LogP contribution in [0.2, 0.25) is 6.32 Å². The van der Waals surface area contributed by atoms with E-state index in [9.17, 15) is 0 Å². The van der Waals surface area contributed by atoms with Gasteiger partial charge in [-0.25, -0.2) is 0 Å². The van der Waals surface area contributed by atoms with E-state index in [1.54, 1.807) is 0 Å². The second kappa shape index (κ2) is 5.65. The summed E-state index contributed by atoms with van der Waals surface area (Å²) in [6.07, 6.45) is 3.15. The van der Waals surface area contributed by atoms with Gasteiger partial charge in [-0.2, -0.15) is 0 Å². The first-order valence-corrected chi connectivity index (χ1v) is 4.47. The van der Waals surface area contributed by atoms with Gasteiger partial charge in [0.2, 0.25) is 0 Å². The van der Waals surface area contributed by atoms with Crippen molar-refractivity contribution in [2.75, 3.05) is 13.1 Å². The van der Waals surface area contributed by atoms with E-state index in [4.69, 9.17) is 7.85 Å². The molecule has 0 aliphatic heterocycles. The van der Waals surface area contributed by atoms with Crippen LogP contribution in [-0.2, 0) is 0 Å². The van der Waals surface area contributed by atoms with Crippen LogP contribution in [0.4, 0.5) is 0 Å². The molecule has 0 aromatic carbocycles. The number of rotatable bonds is 5. The SMILES string of the molecule is [B]CCCCNCC(C)(C)C. The summed E-state index contributed by atoms with van der Waals surface area (Å²) in [6.45, 7) is 8.92. The van der Waals surface area contributed by atoms with E-state index in [0.717, 1.165) is 25.8 Å². The normalized spacial score (nSPS) is 11.9. The van der Waals surface area contributed by atoms with E-state index in [1.807, 2.05) is 0 Å². The van der Waals surface area contributed by atoms with Crippen LogP contribution in [0.15, 0.2) is 0 Å². The molecule has 0 aliphatic carbocycles. The third-order valence-electron chi connectivity index (χ3n) is 1.46. The zero-order valence-electron chi connectivity index (χ0n) is 8.11. The molecule has 0 amide bonds. The molecule has 0 unspecified atom stereocenters. The van der Waals surface area contributed by atoms with Crippen LogP contribution in [0, 0.1) is 5.41 Å². The van der Waals surface area contributed by atoms with Crippen LogP contribution < -0.4 is 5.32 Å². The van der Waals surface area contributed by atoms with Crippen molar-refractivity contribution in [2.24, 2.45) is 5.41 Å². The average Bonchev–Trinajstić information content (AvgIpc) is 1.85. The highest BCUT2D eigenvalue weighted by Gasteiger charge is 2.07. The molecular weight excluding hydrogens is 133 g/mol. The Bertz CT molecular complexity index is 86.1. The van der Waals surface area contributed by atoms with Gasteiger partial charge >= 0.3 is 0 Å². The smallest absolute Gasteiger partial charge is 0.0653 e. The minimum Gasteiger partial charge on any atom is -0.316 e. The minimum atomic E-state index is 0.405. The summed E-state index contributed by atoms with van der Waals surface area (Å²) >= 11 is 0. The van der Waals surface area contributed by atoms with Crippen molar-refractivity contribution < 1.29 is 0 Å². The summed E-state index contributed by atoms with van der Waals surface area (Å²) in [5, 5.41) is 3.40. The molecule has 64 valence electrons. The number of nitrogens with one attached hydrogen (secondary N) is 1. The molecule has 1 nitrogen and oxygen atoms in total. The third kappa shape index (κ3) is 10.0. The molecule has 0 aromatic heterocycles. The number of hydrogen-bond donors (Lipinski definition) is 1. The van der Waals surface area contributed by atoms with Gasteiger partial charge < -0.3 is 5.32 Å². The zero-order valence-corrected chi connectivity index (χ0v) is 8.11. The Labute approximate surface area is 72.4 Å². The van der Waals surface area contributed by atoms with Gasteiger partial charge in [0.1, 0.15) is 0 Å². The Morgan fingerprint density at radius 2 is 1.82 bits per heavy atom. The van der Waals surface area contributed by atoms with Crippen LogP contribution in [0.5, 0.6) is 0 Å². The van der Waals surface area contributed by atoms with Gasteiger partial charge in [-0.05, 0) is 24.9 Å². The van der Waals surface area contributed by atoms with Crippen molar-refractivity contribution in [1.82, 2.24) is 5.32 Å². The van der Waals surface area contributed by atoms with Gasteiger partial charge in [0, 0.05) is 0 Å². The Kier molecular flexibility index (Phi) is 5.66. The second-order valence-electron chi connectivity index (χ2n) is 4.23. The highest BCUT2D eigenvalue weighted by Crippen LogP contribution is 2.09. The molecule has 11 heavy (non-hydrogen) atoms. The number of unbranched alkanes of at least 4 members (excludes halogenated alkanes) is 1. The van der Waals surface area contributed by atoms with Crippen molar-refractivity contribution in [3.63, 3.8) is 0 Å². The van der Waals surface area contributed by atoms with Crippen LogP contribution in [0.25, 0.3) is 0 Å². The molecule has 0 aromatic rings. The van der Waals surface area contributed by atoms with Crippen molar-refractivity contribution in [3.8, 4) is 0 Å². The lowest BCUT2D eigenvalue weighted by Crippen LogP contribution is -2.27. The maximum absolute atomic E-state index is 5.37. The van der Waals surface area contributed by atoms with Crippen LogP contribution in [0.3, 0.4) is 0 Å². The summed E-state index contributed by atoms with van der Waals surface area (Å²) in [6, 6.07) is 0. The minimum absolute atomic E-state index is 0.405. The van der Waals surface area contributed by atoms with Gasteiger partial charge in [0.05, 0.1) is 7.85 Å². The molecule has 0 heterocycles. The predicted octanol–water partition coefficient (Wildman–Crippen LogP) is 1.99. The molecule has 0 bridgehead atoms. The summed E-state index contributed by atoms with van der Waals surface area (Å²) < 4.78 is 0. The van der Waals surface area contributed by atoms with E-state index in [0.29, 0.717) is 5.41 Å². The van der Waals surface area contributed by atoms with Crippen molar-refractivity contribution in [3.05, 3.63) is 0 Å². The maximum Gasteiger partial charge on any atom is 0.0653 e. The van der Waals surface area contributed by atoms with Crippen molar-refractivity contribution >= 4 is 7.85 Å². The van der Waals surface area contributed by atoms with E-state index in [-0.39, 0.29) is 0 Å².